The van der Waals surface area contributed by atoms with E-state index in [4.69, 9.17) is 4.74 Å². The molecule has 0 radical (unpaired) electrons. The minimum atomic E-state index is -0.893. The maximum Gasteiger partial charge on any atom is 0.236 e. The zero-order chi connectivity index (χ0) is 20.4. The van der Waals surface area contributed by atoms with Crippen molar-refractivity contribution in [3.8, 4) is 0 Å². The number of ether oxygens (including phenoxy) is 1. The molecule has 3 aliphatic rings. The molecule has 0 N–H and O–H groups in total. The second kappa shape index (κ2) is 8.36. The van der Waals surface area contributed by atoms with Gasteiger partial charge in [-0.3, -0.25) is 14.5 Å². The number of carbonyl (C=O) groups excluding carboxylic acids is 2. The van der Waals surface area contributed by atoms with E-state index in [1.165, 1.54) is 12.1 Å². The molecular weight excluding hydrogens is 380 g/mol. The first-order valence-electron chi connectivity index (χ1n) is 10.3. The Balaban J connectivity index is 1.39. The second-order valence-electron chi connectivity index (χ2n) is 8.28. The number of hydrogen-bond donors (Lipinski definition) is 0. The second-order valence-corrected chi connectivity index (χ2v) is 8.28. The molecule has 1 atom stereocenters. The fourth-order valence-corrected chi connectivity index (χ4v) is 4.76. The number of likely N-dealkylation sites (tertiary alicyclic amines) is 2. The van der Waals surface area contributed by atoms with Crippen molar-refractivity contribution >= 4 is 11.8 Å². The first kappa shape index (κ1) is 20.2. The molecule has 3 aliphatic heterocycles. The van der Waals surface area contributed by atoms with Crippen LogP contribution >= 0.6 is 0 Å². The van der Waals surface area contributed by atoms with Gasteiger partial charge in [-0.15, -0.1) is 0 Å². The Kier molecular flexibility index (Phi) is 5.83. The molecule has 4 rings (SSSR count). The predicted molar refractivity (Wildman–Crippen MR) is 102 cm³/mol. The number of nitrogens with zero attached hydrogens (tertiary/aromatic N) is 3. The predicted octanol–water partition coefficient (Wildman–Crippen LogP) is 1.64. The third kappa shape index (κ3) is 4.14. The fourth-order valence-electron chi connectivity index (χ4n) is 4.76. The molecule has 158 valence electrons. The molecule has 1 aromatic rings. The van der Waals surface area contributed by atoms with Crippen LogP contribution in [0.2, 0.25) is 0 Å². The average molecular weight is 407 g/mol. The Morgan fingerprint density at radius 2 is 1.90 bits per heavy atom. The summed E-state index contributed by atoms with van der Waals surface area (Å²) in [6, 6.07) is 4.07. The van der Waals surface area contributed by atoms with Crippen molar-refractivity contribution in [2.75, 3.05) is 52.5 Å². The van der Waals surface area contributed by atoms with Gasteiger partial charge in [-0.05, 0) is 31.9 Å². The lowest BCUT2D eigenvalue weighted by molar-refractivity contribution is -0.147. The van der Waals surface area contributed by atoms with Crippen molar-refractivity contribution in [1.29, 1.82) is 0 Å². The van der Waals surface area contributed by atoms with Gasteiger partial charge in [0.2, 0.25) is 11.8 Å². The van der Waals surface area contributed by atoms with E-state index in [0.717, 1.165) is 18.9 Å². The van der Waals surface area contributed by atoms with E-state index in [9.17, 15) is 18.4 Å². The van der Waals surface area contributed by atoms with Crippen LogP contribution < -0.4 is 0 Å². The van der Waals surface area contributed by atoms with Crippen molar-refractivity contribution in [1.82, 2.24) is 14.7 Å². The number of rotatable bonds is 4. The highest BCUT2D eigenvalue weighted by atomic mass is 19.2. The van der Waals surface area contributed by atoms with Gasteiger partial charge in [0.15, 0.2) is 11.6 Å². The molecule has 8 heteroatoms. The summed E-state index contributed by atoms with van der Waals surface area (Å²) < 4.78 is 32.9. The van der Waals surface area contributed by atoms with Crippen molar-refractivity contribution in [3.63, 3.8) is 0 Å². The van der Waals surface area contributed by atoms with Crippen LogP contribution in [-0.4, -0.2) is 79.0 Å². The molecule has 3 heterocycles. The highest BCUT2D eigenvalue weighted by Crippen LogP contribution is 2.40. The number of carbonyl (C=O) groups is 2. The van der Waals surface area contributed by atoms with E-state index in [0.29, 0.717) is 58.9 Å². The van der Waals surface area contributed by atoms with E-state index in [1.54, 1.807) is 4.90 Å². The number of hydrogen-bond acceptors (Lipinski definition) is 4. The molecule has 2 amide bonds. The summed E-state index contributed by atoms with van der Waals surface area (Å²) in [7, 11) is 0. The van der Waals surface area contributed by atoms with Gasteiger partial charge in [-0.1, -0.05) is 12.1 Å². The van der Waals surface area contributed by atoms with Gasteiger partial charge >= 0.3 is 0 Å². The van der Waals surface area contributed by atoms with Crippen molar-refractivity contribution in [3.05, 3.63) is 35.4 Å². The molecular formula is C21H27F2N3O3. The van der Waals surface area contributed by atoms with Crippen molar-refractivity contribution in [2.24, 2.45) is 5.41 Å². The van der Waals surface area contributed by atoms with Crippen LogP contribution in [0.25, 0.3) is 0 Å². The Hall–Kier alpha value is -2.06. The van der Waals surface area contributed by atoms with Crippen molar-refractivity contribution < 1.29 is 23.1 Å². The lowest BCUT2D eigenvalue weighted by Crippen LogP contribution is -2.50. The summed E-state index contributed by atoms with van der Waals surface area (Å²) in [6.07, 6.45) is 2.30. The molecule has 29 heavy (non-hydrogen) atoms. The molecule has 1 spiro atoms. The highest BCUT2D eigenvalue weighted by Gasteiger charge is 2.48. The zero-order valence-corrected chi connectivity index (χ0v) is 16.5. The van der Waals surface area contributed by atoms with Crippen LogP contribution in [0.5, 0.6) is 0 Å². The smallest absolute Gasteiger partial charge is 0.236 e. The SMILES string of the molecule is O=C(CN1CCC2(CCCN(Cc3cccc(F)c3F)C2=O)C1)N1CCOCC1. The number of morpholine rings is 1. The number of piperidine rings is 1. The van der Waals surface area contributed by atoms with Crippen LogP contribution in [0.3, 0.4) is 0 Å². The van der Waals surface area contributed by atoms with Gasteiger partial charge < -0.3 is 14.5 Å². The lowest BCUT2D eigenvalue weighted by atomic mass is 9.78. The molecule has 0 saturated carbocycles. The monoisotopic (exact) mass is 407 g/mol. The summed E-state index contributed by atoms with van der Waals surface area (Å²) in [5.41, 5.74) is -0.319. The fraction of sp³-hybridized carbons (Fsp3) is 0.619. The Bertz CT molecular complexity index is 784. The minimum Gasteiger partial charge on any atom is -0.378 e. The van der Waals surface area contributed by atoms with Gasteiger partial charge in [-0.2, -0.15) is 0 Å². The van der Waals surface area contributed by atoms with Crippen LogP contribution in [0, 0.1) is 17.0 Å². The van der Waals surface area contributed by atoms with Crippen LogP contribution in [-0.2, 0) is 20.9 Å². The molecule has 1 aromatic carbocycles. The van der Waals surface area contributed by atoms with Gasteiger partial charge in [-0.25, -0.2) is 8.78 Å². The molecule has 0 aromatic heterocycles. The van der Waals surface area contributed by atoms with Crippen LogP contribution in [0.4, 0.5) is 8.78 Å². The lowest BCUT2D eigenvalue weighted by Gasteiger charge is -2.39. The molecule has 0 aliphatic carbocycles. The highest BCUT2D eigenvalue weighted by molar-refractivity contribution is 5.84. The van der Waals surface area contributed by atoms with E-state index in [-0.39, 0.29) is 23.9 Å². The number of benzene rings is 1. The molecule has 1 unspecified atom stereocenters. The van der Waals surface area contributed by atoms with E-state index in [2.05, 4.69) is 4.90 Å². The first-order chi connectivity index (χ1) is 14.0. The maximum absolute atomic E-state index is 14.1. The first-order valence-corrected chi connectivity index (χ1v) is 10.3. The largest absolute Gasteiger partial charge is 0.378 e. The standard InChI is InChI=1S/C21H27F2N3O3/c22-17-4-1-3-16(19(17)23)13-26-7-2-5-21(20(26)28)6-8-24(15-21)14-18(27)25-9-11-29-12-10-25/h1,3-4H,2,5-15H2. The van der Waals surface area contributed by atoms with E-state index >= 15 is 0 Å². The molecule has 3 fully saturated rings. The Morgan fingerprint density at radius 1 is 1.10 bits per heavy atom. The summed E-state index contributed by atoms with van der Waals surface area (Å²) in [5.74, 6) is -1.71. The summed E-state index contributed by atoms with van der Waals surface area (Å²) in [4.78, 5) is 31.3. The van der Waals surface area contributed by atoms with Gasteiger partial charge in [0.1, 0.15) is 0 Å². The van der Waals surface area contributed by atoms with E-state index in [1.807, 2.05) is 4.90 Å². The third-order valence-electron chi connectivity index (χ3n) is 6.37. The van der Waals surface area contributed by atoms with Crippen molar-refractivity contribution in [2.45, 2.75) is 25.8 Å². The van der Waals surface area contributed by atoms with Gasteiger partial charge in [0, 0.05) is 38.3 Å². The summed E-state index contributed by atoms with van der Waals surface area (Å²) >= 11 is 0. The molecule has 3 saturated heterocycles. The number of halogens is 2. The Morgan fingerprint density at radius 3 is 2.69 bits per heavy atom. The summed E-state index contributed by atoms with van der Waals surface area (Å²) in [6.45, 7) is 4.55. The maximum atomic E-state index is 14.1. The zero-order valence-electron chi connectivity index (χ0n) is 16.5. The van der Waals surface area contributed by atoms with Crippen LogP contribution in [0.1, 0.15) is 24.8 Å². The quantitative estimate of drug-likeness (QED) is 0.762. The number of amides is 2. The van der Waals surface area contributed by atoms with E-state index < -0.39 is 17.0 Å². The minimum absolute atomic E-state index is 0.00580. The normalized spacial score (nSPS) is 25.8. The molecule has 0 bridgehead atoms. The van der Waals surface area contributed by atoms with Gasteiger partial charge in [0.05, 0.1) is 25.2 Å². The van der Waals surface area contributed by atoms with Gasteiger partial charge in [0.25, 0.3) is 0 Å². The average Bonchev–Trinajstić information content (AvgIpc) is 3.13. The van der Waals surface area contributed by atoms with Crippen LogP contribution in [0.15, 0.2) is 18.2 Å². The summed E-state index contributed by atoms with van der Waals surface area (Å²) in [5, 5.41) is 0. The Labute approximate surface area is 169 Å². The topological polar surface area (TPSA) is 53.1 Å². The molecule has 6 nitrogen and oxygen atoms in total. The third-order valence-corrected chi connectivity index (χ3v) is 6.37.